The largest absolute Gasteiger partial charge is 0.370 e. The molecule has 1 aromatic heterocycles. The predicted octanol–water partition coefficient (Wildman–Crippen LogP) is 1.04. The molecule has 1 aliphatic carbocycles. The second kappa shape index (κ2) is 6.41. The van der Waals surface area contributed by atoms with Gasteiger partial charge in [-0.15, -0.1) is 0 Å². The Morgan fingerprint density at radius 2 is 2.26 bits per heavy atom. The molecule has 1 saturated carbocycles. The fourth-order valence-corrected chi connectivity index (χ4v) is 1.99. The highest BCUT2D eigenvalue weighted by molar-refractivity contribution is 5.78. The van der Waals surface area contributed by atoms with Crippen LogP contribution in [-0.2, 0) is 6.54 Å². The van der Waals surface area contributed by atoms with E-state index in [0.29, 0.717) is 12.0 Å². The van der Waals surface area contributed by atoms with Gasteiger partial charge in [0.2, 0.25) is 5.56 Å². The Morgan fingerprint density at radius 3 is 2.95 bits per heavy atom. The first kappa shape index (κ1) is 13.6. The van der Waals surface area contributed by atoms with Crippen LogP contribution in [0.2, 0.25) is 0 Å². The summed E-state index contributed by atoms with van der Waals surface area (Å²) in [5.74, 6) is 0.638. The minimum absolute atomic E-state index is 0.0546. The number of aryl methyl sites for hydroxylation is 1. The van der Waals surface area contributed by atoms with Crippen LogP contribution in [-0.4, -0.2) is 35.1 Å². The second-order valence-electron chi connectivity index (χ2n) is 5.02. The molecule has 5 heteroatoms. The molecule has 19 heavy (non-hydrogen) atoms. The molecule has 2 N–H and O–H groups in total. The van der Waals surface area contributed by atoms with Crippen LogP contribution in [0.15, 0.2) is 34.2 Å². The van der Waals surface area contributed by atoms with E-state index in [9.17, 15) is 4.79 Å². The summed E-state index contributed by atoms with van der Waals surface area (Å²) in [6.07, 6.45) is 6.16. The van der Waals surface area contributed by atoms with Gasteiger partial charge in [0.1, 0.15) is 0 Å². The Labute approximate surface area is 113 Å². The zero-order valence-electron chi connectivity index (χ0n) is 11.5. The lowest BCUT2D eigenvalue weighted by atomic mass is 10.3. The van der Waals surface area contributed by atoms with Crippen molar-refractivity contribution in [3.63, 3.8) is 0 Å². The summed E-state index contributed by atoms with van der Waals surface area (Å²) in [5, 5.41) is 0. The van der Waals surface area contributed by atoms with E-state index in [1.807, 2.05) is 19.3 Å². The Bertz CT molecular complexity index is 490. The van der Waals surface area contributed by atoms with Crippen LogP contribution in [0.25, 0.3) is 0 Å². The molecule has 0 amide bonds. The van der Waals surface area contributed by atoms with Gasteiger partial charge in [-0.05, 0) is 31.7 Å². The molecular weight excluding hydrogens is 240 g/mol. The highest BCUT2D eigenvalue weighted by Crippen LogP contribution is 2.24. The summed E-state index contributed by atoms with van der Waals surface area (Å²) in [6, 6.07) is 5.83. The number of pyridine rings is 1. The van der Waals surface area contributed by atoms with E-state index in [-0.39, 0.29) is 5.56 Å². The van der Waals surface area contributed by atoms with E-state index >= 15 is 0 Å². The van der Waals surface area contributed by atoms with Crippen molar-refractivity contribution in [1.82, 2.24) is 9.47 Å². The standard InChI is InChI=1S/C14H22N4O/c1-17(12-7-8-12)14(15)16-9-3-5-11-18-10-4-2-6-13(18)19/h2,4,6,10,12H,3,5,7-9,11H2,1H3,(H2,15,16). The highest BCUT2D eigenvalue weighted by atomic mass is 16.1. The summed E-state index contributed by atoms with van der Waals surface area (Å²) in [6.45, 7) is 1.47. The van der Waals surface area contributed by atoms with Gasteiger partial charge in [-0.1, -0.05) is 6.07 Å². The lowest BCUT2D eigenvalue weighted by Gasteiger charge is -2.16. The molecule has 1 aliphatic rings. The topological polar surface area (TPSA) is 63.6 Å². The van der Waals surface area contributed by atoms with E-state index in [1.165, 1.54) is 12.8 Å². The van der Waals surface area contributed by atoms with E-state index in [1.54, 1.807) is 16.7 Å². The number of nitrogens with two attached hydrogens (primary N) is 1. The van der Waals surface area contributed by atoms with Crippen LogP contribution in [0.3, 0.4) is 0 Å². The molecule has 0 aromatic carbocycles. The molecule has 5 nitrogen and oxygen atoms in total. The van der Waals surface area contributed by atoms with Gasteiger partial charge < -0.3 is 15.2 Å². The number of hydrogen-bond acceptors (Lipinski definition) is 2. The van der Waals surface area contributed by atoms with Crippen molar-refractivity contribution in [3.05, 3.63) is 34.7 Å². The molecular formula is C14H22N4O. The summed E-state index contributed by atoms with van der Waals surface area (Å²) < 4.78 is 1.73. The summed E-state index contributed by atoms with van der Waals surface area (Å²) in [7, 11) is 2.00. The first-order valence-electron chi connectivity index (χ1n) is 6.86. The third-order valence-electron chi connectivity index (χ3n) is 3.44. The molecule has 0 saturated heterocycles. The maximum atomic E-state index is 11.5. The molecule has 1 heterocycles. The Balaban J connectivity index is 1.68. The number of nitrogens with zero attached hydrogens (tertiary/aromatic N) is 3. The smallest absolute Gasteiger partial charge is 0.250 e. The maximum Gasteiger partial charge on any atom is 0.250 e. The van der Waals surface area contributed by atoms with Crippen molar-refractivity contribution in [2.75, 3.05) is 13.6 Å². The van der Waals surface area contributed by atoms with Crippen molar-refractivity contribution in [2.45, 2.75) is 38.3 Å². The van der Waals surface area contributed by atoms with E-state index in [2.05, 4.69) is 9.89 Å². The molecule has 0 aliphatic heterocycles. The minimum atomic E-state index is 0.0546. The summed E-state index contributed by atoms with van der Waals surface area (Å²) >= 11 is 0. The monoisotopic (exact) mass is 262 g/mol. The molecule has 104 valence electrons. The quantitative estimate of drug-likeness (QED) is 0.473. The normalized spacial score (nSPS) is 15.5. The number of unbranched alkanes of at least 4 members (excludes halogenated alkanes) is 1. The van der Waals surface area contributed by atoms with Gasteiger partial charge in [-0.3, -0.25) is 9.79 Å². The minimum Gasteiger partial charge on any atom is -0.370 e. The van der Waals surface area contributed by atoms with Crippen LogP contribution in [0.5, 0.6) is 0 Å². The highest BCUT2D eigenvalue weighted by Gasteiger charge is 2.27. The number of hydrogen-bond donors (Lipinski definition) is 1. The predicted molar refractivity (Wildman–Crippen MR) is 77.2 cm³/mol. The van der Waals surface area contributed by atoms with Crippen molar-refractivity contribution in [2.24, 2.45) is 10.7 Å². The van der Waals surface area contributed by atoms with Gasteiger partial charge in [-0.2, -0.15) is 0 Å². The molecule has 2 rings (SSSR count). The van der Waals surface area contributed by atoms with Gasteiger partial charge in [-0.25, -0.2) is 0 Å². The third kappa shape index (κ3) is 4.12. The fraction of sp³-hybridized carbons (Fsp3) is 0.571. The summed E-state index contributed by atoms with van der Waals surface area (Å²) in [4.78, 5) is 17.9. The van der Waals surface area contributed by atoms with Gasteiger partial charge in [0.05, 0.1) is 0 Å². The number of guanidine groups is 1. The number of aromatic nitrogens is 1. The fourth-order valence-electron chi connectivity index (χ4n) is 1.99. The zero-order valence-corrected chi connectivity index (χ0v) is 11.5. The van der Waals surface area contributed by atoms with Gasteiger partial charge in [0, 0.05) is 38.4 Å². The third-order valence-corrected chi connectivity index (χ3v) is 3.44. The van der Waals surface area contributed by atoms with Crippen molar-refractivity contribution >= 4 is 5.96 Å². The van der Waals surface area contributed by atoms with E-state index < -0.39 is 0 Å². The molecule has 0 bridgehead atoms. The summed E-state index contributed by atoms with van der Waals surface area (Å²) in [5.41, 5.74) is 5.95. The molecule has 1 aromatic rings. The van der Waals surface area contributed by atoms with Crippen LogP contribution >= 0.6 is 0 Å². The second-order valence-corrected chi connectivity index (χ2v) is 5.02. The molecule has 1 fully saturated rings. The molecule has 0 unspecified atom stereocenters. The van der Waals surface area contributed by atoms with Crippen molar-refractivity contribution < 1.29 is 0 Å². The van der Waals surface area contributed by atoms with Gasteiger partial charge in [0.15, 0.2) is 5.96 Å². The van der Waals surface area contributed by atoms with E-state index in [4.69, 9.17) is 5.73 Å². The van der Waals surface area contributed by atoms with Crippen LogP contribution in [0.1, 0.15) is 25.7 Å². The van der Waals surface area contributed by atoms with Gasteiger partial charge >= 0.3 is 0 Å². The van der Waals surface area contributed by atoms with Crippen LogP contribution in [0.4, 0.5) is 0 Å². The SMILES string of the molecule is CN(C(N)=NCCCCn1ccccc1=O)C1CC1. The number of rotatable bonds is 6. The molecule has 0 spiro atoms. The van der Waals surface area contributed by atoms with Crippen molar-refractivity contribution in [3.8, 4) is 0 Å². The molecule has 0 radical (unpaired) electrons. The molecule has 0 atom stereocenters. The first-order valence-corrected chi connectivity index (χ1v) is 6.86. The first-order chi connectivity index (χ1) is 9.18. The van der Waals surface area contributed by atoms with Crippen LogP contribution < -0.4 is 11.3 Å². The lowest BCUT2D eigenvalue weighted by molar-refractivity contribution is 0.486. The maximum absolute atomic E-state index is 11.5. The average molecular weight is 262 g/mol. The average Bonchev–Trinajstić information content (AvgIpc) is 3.23. The Kier molecular flexibility index (Phi) is 4.60. The van der Waals surface area contributed by atoms with Crippen molar-refractivity contribution in [1.29, 1.82) is 0 Å². The Morgan fingerprint density at radius 1 is 1.47 bits per heavy atom. The van der Waals surface area contributed by atoms with Crippen LogP contribution in [0, 0.1) is 0 Å². The Hall–Kier alpha value is -1.78. The van der Waals surface area contributed by atoms with Gasteiger partial charge in [0.25, 0.3) is 0 Å². The zero-order chi connectivity index (χ0) is 13.7. The van der Waals surface area contributed by atoms with E-state index in [0.717, 1.165) is 25.9 Å². The lowest BCUT2D eigenvalue weighted by Crippen LogP contribution is -2.35. The number of aliphatic imine (C=N–C) groups is 1.